The van der Waals surface area contributed by atoms with E-state index >= 15 is 0 Å². The first kappa shape index (κ1) is 23.4. The van der Waals surface area contributed by atoms with Crippen molar-refractivity contribution in [3.05, 3.63) is 24.3 Å². The van der Waals surface area contributed by atoms with Crippen LogP contribution in [0.1, 0.15) is 52.9 Å². The number of rotatable bonds is 7. The van der Waals surface area contributed by atoms with Gasteiger partial charge in [-0.05, 0) is 56.1 Å². The molecule has 31 heavy (non-hydrogen) atoms. The number of nitrogens with one attached hydrogen (secondary N) is 1. The average Bonchev–Trinajstić information content (AvgIpc) is 2.78. The third-order valence-corrected chi connectivity index (χ3v) is 6.73. The molecule has 2 fully saturated rings. The van der Waals surface area contributed by atoms with Gasteiger partial charge in [0.2, 0.25) is 11.8 Å². The molecule has 0 unspecified atom stereocenters. The summed E-state index contributed by atoms with van der Waals surface area (Å²) >= 11 is 0. The molecule has 2 amide bonds. The van der Waals surface area contributed by atoms with Crippen molar-refractivity contribution in [3.8, 4) is 5.75 Å². The van der Waals surface area contributed by atoms with Crippen LogP contribution in [0.4, 0.5) is 5.69 Å². The van der Waals surface area contributed by atoms with Crippen molar-refractivity contribution in [1.82, 2.24) is 10.2 Å². The molecular weight excluding hydrogens is 390 g/mol. The molecule has 1 N–H and O–H groups in total. The lowest BCUT2D eigenvalue weighted by Gasteiger charge is -2.38. The maximum Gasteiger partial charge on any atom is 0.245 e. The van der Waals surface area contributed by atoms with Gasteiger partial charge in [0.25, 0.3) is 0 Å². The number of amides is 2. The zero-order valence-electron chi connectivity index (χ0n) is 19.6. The molecular formula is C25H39N3O3. The third kappa shape index (κ3) is 6.14. The molecule has 6 heteroatoms. The van der Waals surface area contributed by atoms with Crippen LogP contribution in [-0.2, 0) is 9.59 Å². The van der Waals surface area contributed by atoms with Gasteiger partial charge in [0.1, 0.15) is 11.8 Å². The fraction of sp³-hybridized carbons (Fsp3) is 0.680. The first-order valence-electron chi connectivity index (χ1n) is 11.9. The summed E-state index contributed by atoms with van der Waals surface area (Å²) in [6, 6.07) is 7.57. The van der Waals surface area contributed by atoms with Crippen molar-refractivity contribution < 1.29 is 14.3 Å². The van der Waals surface area contributed by atoms with Crippen molar-refractivity contribution in [1.29, 1.82) is 0 Å². The van der Waals surface area contributed by atoms with Gasteiger partial charge in [0.05, 0.1) is 12.8 Å². The smallest absolute Gasteiger partial charge is 0.245 e. The zero-order chi connectivity index (χ0) is 22.4. The molecule has 0 aromatic heterocycles. The topological polar surface area (TPSA) is 61.9 Å². The molecule has 0 spiro atoms. The van der Waals surface area contributed by atoms with Crippen LogP contribution in [0.5, 0.6) is 5.75 Å². The van der Waals surface area contributed by atoms with Gasteiger partial charge in [-0.3, -0.25) is 9.59 Å². The standard InChI is InChI=1S/C25H39N3O3/c1-18(2)17-21(26-24(29)20-11-9-19(3)10-12-20)25(30)28-15-13-27(14-16-28)22-7-5-6-8-23(22)31-4/h5-8,18-21H,9-17H2,1-4H3,(H,26,29)/t19?,20?,21-/m1/s1. The van der Waals surface area contributed by atoms with Gasteiger partial charge in [-0.1, -0.05) is 32.9 Å². The van der Waals surface area contributed by atoms with E-state index in [0.29, 0.717) is 31.3 Å². The van der Waals surface area contributed by atoms with E-state index in [1.165, 1.54) is 0 Å². The lowest BCUT2D eigenvalue weighted by molar-refractivity contribution is -0.138. The van der Waals surface area contributed by atoms with Gasteiger partial charge < -0.3 is 19.9 Å². The van der Waals surface area contributed by atoms with Crippen molar-refractivity contribution in [3.63, 3.8) is 0 Å². The maximum atomic E-state index is 13.3. The van der Waals surface area contributed by atoms with Gasteiger partial charge in [-0.15, -0.1) is 0 Å². The summed E-state index contributed by atoms with van der Waals surface area (Å²) in [5, 5.41) is 3.13. The van der Waals surface area contributed by atoms with E-state index in [1.54, 1.807) is 7.11 Å². The SMILES string of the molecule is COc1ccccc1N1CCN(C(=O)[C@@H](CC(C)C)NC(=O)C2CCC(C)CC2)CC1. The Bertz CT molecular complexity index is 735. The van der Waals surface area contributed by atoms with Crippen LogP contribution in [0, 0.1) is 17.8 Å². The van der Waals surface area contributed by atoms with Crippen molar-refractivity contribution in [2.75, 3.05) is 38.2 Å². The number of methoxy groups -OCH3 is 1. The number of hydrogen-bond acceptors (Lipinski definition) is 4. The number of anilines is 1. The monoisotopic (exact) mass is 429 g/mol. The van der Waals surface area contributed by atoms with E-state index in [4.69, 9.17) is 4.74 Å². The van der Waals surface area contributed by atoms with Crippen LogP contribution < -0.4 is 15.0 Å². The highest BCUT2D eigenvalue weighted by Gasteiger charge is 2.32. The Hall–Kier alpha value is -2.24. The molecule has 2 aliphatic rings. The first-order valence-corrected chi connectivity index (χ1v) is 11.9. The molecule has 1 aliphatic carbocycles. The van der Waals surface area contributed by atoms with E-state index in [-0.39, 0.29) is 17.7 Å². The van der Waals surface area contributed by atoms with Crippen molar-refractivity contribution in [2.24, 2.45) is 17.8 Å². The summed E-state index contributed by atoms with van der Waals surface area (Å²) in [5.41, 5.74) is 1.07. The lowest BCUT2D eigenvalue weighted by Crippen LogP contribution is -2.56. The predicted molar refractivity (Wildman–Crippen MR) is 124 cm³/mol. The number of para-hydroxylation sites is 2. The number of piperazine rings is 1. The number of ether oxygens (including phenoxy) is 1. The quantitative estimate of drug-likeness (QED) is 0.718. The molecule has 1 saturated heterocycles. The summed E-state index contributed by atoms with van der Waals surface area (Å²) in [5.74, 6) is 2.09. The molecule has 0 bridgehead atoms. The maximum absolute atomic E-state index is 13.3. The molecule has 1 saturated carbocycles. The normalized spacial score (nSPS) is 22.9. The van der Waals surface area contributed by atoms with Gasteiger partial charge in [0.15, 0.2) is 0 Å². The predicted octanol–water partition coefficient (Wildman–Crippen LogP) is 3.70. The molecule has 1 aromatic rings. The van der Waals surface area contributed by atoms with Crippen LogP contribution in [0.25, 0.3) is 0 Å². The fourth-order valence-corrected chi connectivity index (χ4v) is 4.78. The molecule has 1 aliphatic heterocycles. The summed E-state index contributed by atoms with van der Waals surface area (Å²) in [6.45, 7) is 9.29. The highest BCUT2D eigenvalue weighted by molar-refractivity contribution is 5.88. The highest BCUT2D eigenvalue weighted by atomic mass is 16.5. The Kier molecular flexibility index (Phi) is 8.22. The Morgan fingerprint density at radius 1 is 1.06 bits per heavy atom. The number of nitrogens with zero attached hydrogens (tertiary/aromatic N) is 2. The van der Waals surface area contributed by atoms with E-state index in [2.05, 4.69) is 37.1 Å². The Labute approximate surface area is 187 Å². The summed E-state index contributed by atoms with van der Waals surface area (Å²) in [6.07, 6.45) is 4.76. The second-order valence-corrected chi connectivity index (χ2v) is 9.63. The van der Waals surface area contributed by atoms with Crippen LogP contribution in [0.2, 0.25) is 0 Å². The van der Waals surface area contributed by atoms with Gasteiger partial charge in [0, 0.05) is 32.1 Å². The molecule has 1 heterocycles. The molecule has 0 radical (unpaired) electrons. The lowest BCUT2D eigenvalue weighted by atomic mass is 9.82. The highest BCUT2D eigenvalue weighted by Crippen LogP contribution is 2.30. The minimum atomic E-state index is -0.426. The molecule has 1 aromatic carbocycles. The number of carbonyl (C=O) groups excluding carboxylic acids is 2. The minimum absolute atomic E-state index is 0.0565. The first-order chi connectivity index (χ1) is 14.9. The second kappa shape index (κ2) is 10.9. The third-order valence-electron chi connectivity index (χ3n) is 6.73. The molecule has 172 valence electrons. The number of benzene rings is 1. The second-order valence-electron chi connectivity index (χ2n) is 9.63. The fourth-order valence-electron chi connectivity index (χ4n) is 4.78. The summed E-state index contributed by atoms with van der Waals surface area (Å²) in [4.78, 5) is 30.4. The van der Waals surface area contributed by atoms with Crippen molar-refractivity contribution >= 4 is 17.5 Å². The zero-order valence-corrected chi connectivity index (χ0v) is 19.6. The number of hydrogen-bond donors (Lipinski definition) is 1. The average molecular weight is 430 g/mol. The van der Waals surface area contributed by atoms with Gasteiger partial charge in [-0.25, -0.2) is 0 Å². The van der Waals surface area contributed by atoms with E-state index in [0.717, 1.165) is 50.2 Å². The largest absolute Gasteiger partial charge is 0.495 e. The van der Waals surface area contributed by atoms with Crippen molar-refractivity contribution in [2.45, 2.75) is 58.9 Å². The Morgan fingerprint density at radius 2 is 1.71 bits per heavy atom. The van der Waals surface area contributed by atoms with Gasteiger partial charge in [-0.2, -0.15) is 0 Å². The Morgan fingerprint density at radius 3 is 2.32 bits per heavy atom. The minimum Gasteiger partial charge on any atom is -0.495 e. The summed E-state index contributed by atoms with van der Waals surface area (Å²) in [7, 11) is 1.69. The van der Waals surface area contributed by atoms with E-state index < -0.39 is 6.04 Å². The van der Waals surface area contributed by atoms with Crippen LogP contribution in [-0.4, -0.2) is 56.0 Å². The van der Waals surface area contributed by atoms with Crippen LogP contribution in [0.3, 0.4) is 0 Å². The van der Waals surface area contributed by atoms with Crippen LogP contribution >= 0.6 is 0 Å². The molecule has 6 nitrogen and oxygen atoms in total. The van der Waals surface area contributed by atoms with E-state index in [1.807, 2.05) is 23.1 Å². The molecule has 1 atom stereocenters. The summed E-state index contributed by atoms with van der Waals surface area (Å²) < 4.78 is 5.49. The number of carbonyl (C=O) groups is 2. The van der Waals surface area contributed by atoms with Crippen LogP contribution in [0.15, 0.2) is 24.3 Å². The molecule has 3 rings (SSSR count). The Balaban J connectivity index is 1.59. The van der Waals surface area contributed by atoms with Gasteiger partial charge >= 0.3 is 0 Å². The van der Waals surface area contributed by atoms with E-state index in [9.17, 15) is 9.59 Å².